The van der Waals surface area contributed by atoms with E-state index in [1.807, 2.05) is 0 Å². The smallest absolute Gasteiger partial charge is 0.128 e. The summed E-state index contributed by atoms with van der Waals surface area (Å²) < 4.78 is 15.4. The van der Waals surface area contributed by atoms with Gasteiger partial charge in [-0.15, -0.1) is 0 Å². The van der Waals surface area contributed by atoms with Gasteiger partial charge in [0.2, 0.25) is 0 Å². The highest BCUT2D eigenvalue weighted by Crippen LogP contribution is 2.31. The highest BCUT2D eigenvalue weighted by molar-refractivity contribution is 9.10. The molecule has 2 rings (SSSR count). The third-order valence-electron chi connectivity index (χ3n) is 2.59. The van der Waals surface area contributed by atoms with Crippen molar-refractivity contribution in [2.45, 2.75) is 6.04 Å². The van der Waals surface area contributed by atoms with Crippen LogP contribution in [0.3, 0.4) is 0 Å². The van der Waals surface area contributed by atoms with E-state index in [4.69, 9.17) is 17.3 Å². The summed E-state index contributed by atoms with van der Waals surface area (Å²) in [7, 11) is 0. The van der Waals surface area contributed by atoms with Gasteiger partial charge < -0.3 is 5.73 Å². The lowest BCUT2D eigenvalue weighted by Crippen LogP contribution is -2.14. The van der Waals surface area contributed by atoms with E-state index in [9.17, 15) is 4.39 Å². The summed E-state index contributed by atoms with van der Waals surface area (Å²) >= 11 is 12.6. The molecule has 0 saturated heterocycles. The van der Waals surface area contributed by atoms with Gasteiger partial charge in [0.05, 0.1) is 6.04 Å². The molecule has 2 aromatic carbocycles. The van der Waals surface area contributed by atoms with E-state index >= 15 is 0 Å². The predicted molar refractivity (Wildman–Crippen MR) is 79.3 cm³/mol. The number of hydrogen-bond donors (Lipinski definition) is 1. The van der Waals surface area contributed by atoms with Gasteiger partial charge in [0, 0.05) is 19.5 Å². The Balaban J connectivity index is 2.50. The molecule has 0 fully saturated rings. The Labute approximate surface area is 126 Å². The van der Waals surface area contributed by atoms with Crippen molar-refractivity contribution in [1.82, 2.24) is 0 Å². The van der Waals surface area contributed by atoms with E-state index in [0.29, 0.717) is 10.6 Å². The Morgan fingerprint density at radius 2 is 1.78 bits per heavy atom. The minimum atomic E-state index is -0.574. The number of hydrogen-bond acceptors (Lipinski definition) is 1. The number of benzene rings is 2. The molecule has 0 amide bonds. The van der Waals surface area contributed by atoms with Crippen molar-refractivity contribution in [2.75, 3.05) is 0 Å². The summed E-state index contributed by atoms with van der Waals surface area (Å²) in [4.78, 5) is 0. The second-order valence-electron chi connectivity index (χ2n) is 3.81. The van der Waals surface area contributed by atoms with E-state index in [-0.39, 0.29) is 5.82 Å². The first-order valence-corrected chi connectivity index (χ1v) is 7.11. The fourth-order valence-electron chi connectivity index (χ4n) is 1.67. The number of rotatable bonds is 2. The first kappa shape index (κ1) is 14.0. The minimum Gasteiger partial charge on any atom is -0.320 e. The molecule has 0 aliphatic rings. The maximum absolute atomic E-state index is 13.8. The van der Waals surface area contributed by atoms with Gasteiger partial charge in [-0.2, -0.15) is 0 Å². The molecule has 94 valence electrons. The molecule has 0 heterocycles. The molecule has 1 nitrogen and oxygen atoms in total. The third-order valence-corrected chi connectivity index (χ3v) is 4.04. The summed E-state index contributed by atoms with van der Waals surface area (Å²) in [6.07, 6.45) is 0. The fourth-order valence-corrected chi connectivity index (χ4v) is 2.73. The first-order valence-electron chi connectivity index (χ1n) is 5.14. The zero-order valence-corrected chi connectivity index (χ0v) is 13.1. The van der Waals surface area contributed by atoms with Crippen LogP contribution in [0, 0.1) is 5.82 Å². The Hall–Kier alpha value is -0.420. The molecule has 2 aromatic rings. The van der Waals surface area contributed by atoms with E-state index in [2.05, 4.69) is 31.9 Å². The van der Waals surface area contributed by atoms with Gasteiger partial charge in [-0.3, -0.25) is 0 Å². The van der Waals surface area contributed by atoms with Crippen molar-refractivity contribution < 1.29 is 4.39 Å². The molecule has 0 aliphatic heterocycles. The van der Waals surface area contributed by atoms with Gasteiger partial charge >= 0.3 is 0 Å². The van der Waals surface area contributed by atoms with Gasteiger partial charge in [0.1, 0.15) is 5.82 Å². The molecule has 0 aliphatic carbocycles. The van der Waals surface area contributed by atoms with Crippen molar-refractivity contribution in [2.24, 2.45) is 5.73 Å². The lowest BCUT2D eigenvalue weighted by atomic mass is 9.99. The van der Waals surface area contributed by atoms with Crippen LogP contribution in [0.15, 0.2) is 45.3 Å². The van der Waals surface area contributed by atoms with Crippen LogP contribution in [0.4, 0.5) is 4.39 Å². The van der Waals surface area contributed by atoms with Crippen LogP contribution < -0.4 is 5.73 Å². The van der Waals surface area contributed by atoms with Gasteiger partial charge in [0.25, 0.3) is 0 Å². The standard InChI is InChI=1S/C13H9Br2ClFN/c14-7-1-4-12(17)10(5-7)13(18)9-6-8(16)2-3-11(9)15/h1-6,13H,18H2. The summed E-state index contributed by atoms with van der Waals surface area (Å²) in [6.45, 7) is 0. The van der Waals surface area contributed by atoms with Gasteiger partial charge in [-0.1, -0.05) is 43.5 Å². The Kier molecular flexibility index (Phi) is 4.43. The van der Waals surface area contributed by atoms with Crippen LogP contribution in [-0.2, 0) is 0 Å². The molecule has 18 heavy (non-hydrogen) atoms. The second-order valence-corrected chi connectivity index (χ2v) is 6.02. The van der Waals surface area contributed by atoms with Crippen LogP contribution in [0.5, 0.6) is 0 Å². The summed E-state index contributed by atoms with van der Waals surface area (Å²) in [5, 5.41) is 0.569. The average Bonchev–Trinajstić information content (AvgIpc) is 2.34. The maximum atomic E-state index is 13.8. The number of halogens is 4. The molecule has 0 aromatic heterocycles. The SMILES string of the molecule is NC(c1cc(Br)ccc1F)c1cc(Cl)ccc1Br. The van der Waals surface area contributed by atoms with Crippen molar-refractivity contribution >= 4 is 43.5 Å². The molecule has 5 heteroatoms. The maximum Gasteiger partial charge on any atom is 0.128 e. The molecule has 1 atom stereocenters. The minimum absolute atomic E-state index is 0.336. The first-order chi connectivity index (χ1) is 8.49. The van der Waals surface area contributed by atoms with Crippen molar-refractivity contribution in [3.8, 4) is 0 Å². The second kappa shape index (κ2) is 5.70. The summed E-state index contributed by atoms with van der Waals surface area (Å²) in [6, 6.07) is 9.41. The zero-order chi connectivity index (χ0) is 13.3. The van der Waals surface area contributed by atoms with Crippen LogP contribution >= 0.6 is 43.5 Å². The largest absolute Gasteiger partial charge is 0.320 e. The molecule has 0 radical (unpaired) electrons. The fraction of sp³-hybridized carbons (Fsp3) is 0.0769. The van der Waals surface area contributed by atoms with E-state index in [1.54, 1.807) is 30.3 Å². The predicted octanol–water partition coefficient (Wildman–Crippen LogP) is 5.05. The van der Waals surface area contributed by atoms with E-state index in [1.165, 1.54) is 6.07 Å². The zero-order valence-electron chi connectivity index (χ0n) is 9.13. The topological polar surface area (TPSA) is 26.0 Å². The number of nitrogens with two attached hydrogens (primary N) is 1. The van der Waals surface area contributed by atoms with Crippen molar-refractivity contribution in [3.63, 3.8) is 0 Å². The Morgan fingerprint density at radius 1 is 1.06 bits per heavy atom. The third kappa shape index (κ3) is 2.94. The monoisotopic (exact) mass is 391 g/mol. The average molecular weight is 393 g/mol. The van der Waals surface area contributed by atoms with Crippen molar-refractivity contribution in [3.05, 3.63) is 67.3 Å². The van der Waals surface area contributed by atoms with Crippen LogP contribution in [-0.4, -0.2) is 0 Å². The molecule has 2 N–H and O–H groups in total. The van der Waals surface area contributed by atoms with Crippen LogP contribution in [0.2, 0.25) is 5.02 Å². The molecule has 0 saturated carbocycles. The Bertz CT molecular complexity index is 538. The highest BCUT2D eigenvalue weighted by atomic mass is 79.9. The summed E-state index contributed by atoms with van der Waals surface area (Å²) in [5.74, 6) is -0.336. The molecule has 1 unspecified atom stereocenters. The van der Waals surface area contributed by atoms with Crippen LogP contribution in [0.1, 0.15) is 17.2 Å². The normalized spacial score (nSPS) is 12.5. The van der Waals surface area contributed by atoms with Crippen molar-refractivity contribution in [1.29, 1.82) is 0 Å². The summed E-state index contributed by atoms with van der Waals surface area (Å²) in [5.41, 5.74) is 7.28. The highest BCUT2D eigenvalue weighted by Gasteiger charge is 2.16. The molecular formula is C13H9Br2ClFN. The molecule has 0 spiro atoms. The lowest BCUT2D eigenvalue weighted by molar-refractivity contribution is 0.599. The van der Waals surface area contributed by atoms with Gasteiger partial charge in [-0.25, -0.2) is 4.39 Å². The van der Waals surface area contributed by atoms with E-state index < -0.39 is 6.04 Å². The molecular weight excluding hydrogens is 384 g/mol. The van der Waals surface area contributed by atoms with Gasteiger partial charge in [-0.05, 0) is 42.0 Å². The van der Waals surface area contributed by atoms with E-state index in [0.717, 1.165) is 14.5 Å². The molecule has 0 bridgehead atoms. The Morgan fingerprint density at radius 3 is 2.50 bits per heavy atom. The lowest BCUT2D eigenvalue weighted by Gasteiger charge is -2.16. The quantitative estimate of drug-likeness (QED) is 0.759. The van der Waals surface area contributed by atoms with Gasteiger partial charge in [0.15, 0.2) is 0 Å². The van der Waals surface area contributed by atoms with Crippen LogP contribution in [0.25, 0.3) is 0 Å².